The fourth-order valence-corrected chi connectivity index (χ4v) is 1.45. The molecule has 0 saturated carbocycles. The Morgan fingerprint density at radius 1 is 1.33 bits per heavy atom. The molecule has 0 aliphatic rings. The van der Waals surface area contributed by atoms with Gasteiger partial charge in [0.1, 0.15) is 5.78 Å². The van der Waals surface area contributed by atoms with E-state index in [0.717, 1.165) is 11.1 Å². The minimum atomic E-state index is -0.397. The van der Waals surface area contributed by atoms with Crippen LogP contribution in [0.3, 0.4) is 0 Å². The summed E-state index contributed by atoms with van der Waals surface area (Å²) >= 11 is 0. The highest BCUT2D eigenvalue weighted by molar-refractivity contribution is 5.93. The van der Waals surface area contributed by atoms with Crippen LogP contribution in [-0.2, 0) is 16.0 Å². The number of ketones is 1. The largest absolute Gasteiger partial charge is 0.465 e. The SMILES string of the molecule is COC(=O)c1ccc(C)cc1CC(C)=O. The Bertz CT molecular complexity index is 394. The molecular formula is C12H14O3. The Hall–Kier alpha value is -1.64. The molecule has 0 atom stereocenters. The van der Waals surface area contributed by atoms with Crippen LogP contribution in [0.15, 0.2) is 18.2 Å². The van der Waals surface area contributed by atoms with Gasteiger partial charge < -0.3 is 4.74 Å². The molecule has 1 aromatic carbocycles. The number of esters is 1. The van der Waals surface area contributed by atoms with Gasteiger partial charge in [0.05, 0.1) is 12.7 Å². The second-order valence-electron chi connectivity index (χ2n) is 3.53. The van der Waals surface area contributed by atoms with Gasteiger partial charge in [-0.15, -0.1) is 0 Å². The molecule has 0 bridgehead atoms. The Kier molecular flexibility index (Phi) is 3.61. The standard InChI is InChI=1S/C12H14O3/c1-8-4-5-11(12(14)15-3)10(6-8)7-9(2)13/h4-6H,7H2,1-3H3. The molecule has 1 rings (SSSR count). The number of carbonyl (C=O) groups is 2. The van der Waals surface area contributed by atoms with Crippen LogP contribution in [0.4, 0.5) is 0 Å². The van der Waals surface area contributed by atoms with E-state index in [1.165, 1.54) is 14.0 Å². The van der Waals surface area contributed by atoms with Gasteiger partial charge >= 0.3 is 5.97 Å². The number of benzene rings is 1. The zero-order valence-electron chi connectivity index (χ0n) is 9.16. The van der Waals surface area contributed by atoms with Crippen molar-refractivity contribution in [3.8, 4) is 0 Å². The number of methoxy groups -OCH3 is 1. The summed E-state index contributed by atoms with van der Waals surface area (Å²) in [7, 11) is 1.33. The molecule has 1 aromatic rings. The first-order valence-corrected chi connectivity index (χ1v) is 4.72. The van der Waals surface area contributed by atoms with Crippen molar-refractivity contribution in [1.82, 2.24) is 0 Å². The molecule has 3 heteroatoms. The summed E-state index contributed by atoms with van der Waals surface area (Å²) in [5, 5.41) is 0. The monoisotopic (exact) mass is 206 g/mol. The molecule has 3 nitrogen and oxygen atoms in total. The van der Waals surface area contributed by atoms with E-state index in [4.69, 9.17) is 0 Å². The topological polar surface area (TPSA) is 43.4 Å². The van der Waals surface area contributed by atoms with Gasteiger partial charge in [0.25, 0.3) is 0 Å². The predicted molar refractivity (Wildman–Crippen MR) is 56.9 cm³/mol. The summed E-state index contributed by atoms with van der Waals surface area (Å²) in [5.74, 6) is -0.364. The zero-order chi connectivity index (χ0) is 11.4. The molecule has 80 valence electrons. The second kappa shape index (κ2) is 4.73. The third-order valence-electron chi connectivity index (χ3n) is 2.11. The predicted octanol–water partition coefficient (Wildman–Crippen LogP) is 1.91. The van der Waals surface area contributed by atoms with Crippen molar-refractivity contribution in [3.05, 3.63) is 34.9 Å². The number of ether oxygens (including phenoxy) is 1. The van der Waals surface area contributed by atoms with Crippen LogP contribution in [0, 0.1) is 6.92 Å². The van der Waals surface area contributed by atoms with Gasteiger partial charge in [0.15, 0.2) is 0 Å². The summed E-state index contributed by atoms with van der Waals surface area (Å²) in [4.78, 5) is 22.4. The molecule has 0 fully saturated rings. The van der Waals surface area contributed by atoms with Crippen molar-refractivity contribution in [2.45, 2.75) is 20.3 Å². The lowest BCUT2D eigenvalue weighted by molar-refractivity contribution is -0.116. The molecule has 0 saturated heterocycles. The van der Waals surface area contributed by atoms with Crippen LogP contribution in [-0.4, -0.2) is 18.9 Å². The lowest BCUT2D eigenvalue weighted by Crippen LogP contribution is -2.08. The molecule has 0 unspecified atom stereocenters. The second-order valence-corrected chi connectivity index (χ2v) is 3.53. The molecule has 0 N–H and O–H groups in total. The Morgan fingerprint density at radius 3 is 2.53 bits per heavy atom. The summed E-state index contributed by atoms with van der Waals surface area (Å²) < 4.78 is 4.65. The number of carbonyl (C=O) groups excluding carboxylic acids is 2. The van der Waals surface area contributed by atoms with E-state index in [1.807, 2.05) is 19.1 Å². The van der Waals surface area contributed by atoms with E-state index < -0.39 is 5.97 Å². The molecule has 15 heavy (non-hydrogen) atoms. The van der Waals surface area contributed by atoms with E-state index in [2.05, 4.69) is 4.74 Å². The number of hydrogen-bond donors (Lipinski definition) is 0. The highest BCUT2D eigenvalue weighted by Crippen LogP contribution is 2.14. The Balaban J connectivity index is 3.13. The molecule has 0 aliphatic carbocycles. The maximum atomic E-state index is 11.4. The van der Waals surface area contributed by atoms with E-state index in [1.54, 1.807) is 6.07 Å². The van der Waals surface area contributed by atoms with Gasteiger partial charge in [-0.1, -0.05) is 17.7 Å². The lowest BCUT2D eigenvalue weighted by atomic mass is 10.0. The van der Waals surface area contributed by atoms with Gasteiger partial charge in [0.2, 0.25) is 0 Å². The average molecular weight is 206 g/mol. The highest BCUT2D eigenvalue weighted by atomic mass is 16.5. The number of aryl methyl sites for hydroxylation is 1. The van der Waals surface area contributed by atoms with E-state index in [-0.39, 0.29) is 12.2 Å². The summed E-state index contributed by atoms with van der Waals surface area (Å²) in [6.07, 6.45) is 0.270. The first-order chi connectivity index (χ1) is 7.04. The average Bonchev–Trinajstić information content (AvgIpc) is 2.16. The quantitative estimate of drug-likeness (QED) is 0.709. The Morgan fingerprint density at radius 2 is 2.00 bits per heavy atom. The Labute approximate surface area is 89.1 Å². The number of rotatable bonds is 3. The van der Waals surface area contributed by atoms with Gasteiger partial charge in [-0.3, -0.25) is 4.79 Å². The molecule has 0 radical (unpaired) electrons. The van der Waals surface area contributed by atoms with Crippen molar-refractivity contribution in [1.29, 1.82) is 0 Å². The first-order valence-electron chi connectivity index (χ1n) is 4.72. The highest BCUT2D eigenvalue weighted by Gasteiger charge is 2.12. The van der Waals surface area contributed by atoms with E-state index in [9.17, 15) is 9.59 Å². The van der Waals surface area contributed by atoms with Gasteiger partial charge in [0, 0.05) is 6.42 Å². The normalized spacial score (nSPS) is 9.80. The molecule has 0 aromatic heterocycles. The number of Topliss-reactive ketones (excluding diaryl/α,β-unsaturated/α-hetero) is 1. The third kappa shape index (κ3) is 2.91. The van der Waals surface area contributed by atoms with E-state index in [0.29, 0.717) is 5.56 Å². The summed E-state index contributed by atoms with van der Waals surface area (Å²) in [6.45, 7) is 3.42. The minimum absolute atomic E-state index is 0.0331. The van der Waals surface area contributed by atoms with Crippen molar-refractivity contribution < 1.29 is 14.3 Å². The fraction of sp³-hybridized carbons (Fsp3) is 0.333. The van der Waals surface area contributed by atoms with Crippen LogP contribution in [0.5, 0.6) is 0 Å². The first kappa shape index (κ1) is 11.4. The van der Waals surface area contributed by atoms with Crippen LogP contribution in [0.25, 0.3) is 0 Å². The smallest absolute Gasteiger partial charge is 0.338 e. The third-order valence-corrected chi connectivity index (χ3v) is 2.11. The molecule has 0 amide bonds. The molecule has 0 spiro atoms. The van der Waals surface area contributed by atoms with Crippen LogP contribution in [0.1, 0.15) is 28.4 Å². The van der Waals surface area contributed by atoms with Crippen molar-refractivity contribution in [3.63, 3.8) is 0 Å². The van der Waals surface area contributed by atoms with Crippen LogP contribution >= 0.6 is 0 Å². The van der Waals surface area contributed by atoms with Gasteiger partial charge in [-0.25, -0.2) is 4.79 Å². The minimum Gasteiger partial charge on any atom is -0.465 e. The molecule has 0 aliphatic heterocycles. The number of hydrogen-bond acceptors (Lipinski definition) is 3. The van der Waals surface area contributed by atoms with Gasteiger partial charge in [-0.05, 0) is 25.5 Å². The van der Waals surface area contributed by atoms with Crippen LogP contribution < -0.4 is 0 Å². The summed E-state index contributed by atoms with van der Waals surface area (Å²) in [6, 6.07) is 5.36. The molecule has 0 heterocycles. The van der Waals surface area contributed by atoms with Crippen LogP contribution in [0.2, 0.25) is 0 Å². The van der Waals surface area contributed by atoms with Gasteiger partial charge in [-0.2, -0.15) is 0 Å². The van der Waals surface area contributed by atoms with E-state index >= 15 is 0 Å². The summed E-state index contributed by atoms with van der Waals surface area (Å²) in [5.41, 5.74) is 2.23. The maximum absolute atomic E-state index is 11.4. The molecular weight excluding hydrogens is 192 g/mol. The van der Waals surface area contributed by atoms with Crippen molar-refractivity contribution in [2.24, 2.45) is 0 Å². The van der Waals surface area contributed by atoms with Crippen molar-refractivity contribution >= 4 is 11.8 Å². The van der Waals surface area contributed by atoms with Crippen molar-refractivity contribution in [2.75, 3.05) is 7.11 Å². The zero-order valence-corrected chi connectivity index (χ0v) is 9.16. The fourth-order valence-electron chi connectivity index (χ4n) is 1.45. The lowest BCUT2D eigenvalue weighted by Gasteiger charge is -2.07. The maximum Gasteiger partial charge on any atom is 0.338 e.